The summed E-state index contributed by atoms with van der Waals surface area (Å²) in [7, 11) is 2.03. The van der Waals surface area contributed by atoms with Crippen LogP contribution in [0.15, 0.2) is 0 Å². The van der Waals surface area contributed by atoms with Gasteiger partial charge in [-0.05, 0) is 25.9 Å². The second-order valence-corrected chi connectivity index (χ2v) is 5.52. The lowest BCUT2D eigenvalue weighted by molar-refractivity contribution is -0.142. The number of likely N-dealkylation sites (N-methyl/N-ethyl adjacent to an activating group) is 1. The maximum absolute atomic E-state index is 12.0. The van der Waals surface area contributed by atoms with Crippen LogP contribution >= 0.6 is 0 Å². The number of hydrogen-bond donors (Lipinski definition) is 2. The molecule has 0 aromatic heterocycles. The van der Waals surface area contributed by atoms with Gasteiger partial charge >= 0.3 is 12.0 Å². The standard InChI is InChI=1S/C12H21N3O3/c1-8-5-15(7-10(8)11(16)17)12(18)13-9-3-4-14(2)6-9/h8-10H,3-7H2,1-2H3,(H,13,18)(H,16,17). The first kappa shape index (κ1) is 13.1. The topological polar surface area (TPSA) is 72.9 Å². The molecule has 0 aromatic rings. The number of nitrogens with zero attached hydrogens (tertiary/aromatic N) is 2. The fourth-order valence-corrected chi connectivity index (χ4v) is 2.77. The molecule has 2 rings (SSSR count). The minimum Gasteiger partial charge on any atom is -0.481 e. The van der Waals surface area contributed by atoms with Gasteiger partial charge in [0.2, 0.25) is 0 Å². The van der Waals surface area contributed by atoms with E-state index in [4.69, 9.17) is 5.11 Å². The lowest BCUT2D eigenvalue weighted by Gasteiger charge is -2.20. The average molecular weight is 255 g/mol. The van der Waals surface area contributed by atoms with Gasteiger partial charge in [-0.2, -0.15) is 0 Å². The summed E-state index contributed by atoms with van der Waals surface area (Å²) in [6.45, 7) is 4.61. The number of aliphatic carboxylic acids is 1. The van der Waals surface area contributed by atoms with Crippen molar-refractivity contribution in [1.82, 2.24) is 15.1 Å². The molecule has 0 aliphatic carbocycles. The number of rotatable bonds is 2. The zero-order chi connectivity index (χ0) is 13.3. The maximum atomic E-state index is 12.0. The van der Waals surface area contributed by atoms with Crippen LogP contribution in [-0.2, 0) is 4.79 Å². The van der Waals surface area contributed by atoms with Crippen LogP contribution in [0.3, 0.4) is 0 Å². The van der Waals surface area contributed by atoms with Crippen LogP contribution in [0, 0.1) is 11.8 Å². The van der Waals surface area contributed by atoms with E-state index in [1.54, 1.807) is 4.90 Å². The molecule has 0 radical (unpaired) electrons. The number of nitrogens with one attached hydrogen (secondary N) is 1. The lowest BCUT2D eigenvalue weighted by atomic mass is 9.99. The zero-order valence-corrected chi connectivity index (χ0v) is 10.9. The summed E-state index contributed by atoms with van der Waals surface area (Å²) in [5.41, 5.74) is 0. The molecule has 0 bridgehead atoms. The van der Waals surface area contributed by atoms with Crippen molar-refractivity contribution in [2.45, 2.75) is 19.4 Å². The van der Waals surface area contributed by atoms with Crippen LogP contribution in [0.4, 0.5) is 4.79 Å². The van der Waals surface area contributed by atoms with Crippen molar-refractivity contribution in [3.63, 3.8) is 0 Å². The van der Waals surface area contributed by atoms with E-state index in [0.717, 1.165) is 19.5 Å². The van der Waals surface area contributed by atoms with Crippen LogP contribution in [0.25, 0.3) is 0 Å². The third-order valence-electron chi connectivity index (χ3n) is 3.94. The highest BCUT2D eigenvalue weighted by Gasteiger charge is 2.37. The lowest BCUT2D eigenvalue weighted by Crippen LogP contribution is -2.45. The molecule has 2 fully saturated rings. The van der Waals surface area contributed by atoms with E-state index in [2.05, 4.69) is 10.2 Å². The minimum absolute atomic E-state index is 0.0273. The Morgan fingerprint density at radius 3 is 2.50 bits per heavy atom. The maximum Gasteiger partial charge on any atom is 0.317 e. The molecule has 18 heavy (non-hydrogen) atoms. The van der Waals surface area contributed by atoms with E-state index in [0.29, 0.717) is 13.1 Å². The minimum atomic E-state index is -0.807. The molecule has 3 unspecified atom stereocenters. The van der Waals surface area contributed by atoms with E-state index >= 15 is 0 Å². The average Bonchev–Trinajstić information content (AvgIpc) is 2.85. The summed E-state index contributed by atoms with van der Waals surface area (Å²) < 4.78 is 0. The van der Waals surface area contributed by atoms with Crippen LogP contribution < -0.4 is 5.32 Å². The second-order valence-electron chi connectivity index (χ2n) is 5.52. The zero-order valence-electron chi connectivity index (χ0n) is 10.9. The van der Waals surface area contributed by atoms with Gasteiger partial charge in [-0.15, -0.1) is 0 Å². The molecule has 2 amide bonds. The van der Waals surface area contributed by atoms with E-state index in [-0.39, 0.29) is 18.0 Å². The Morgan fingerprint density at radius 2 is 2.00 bits per heavy atom. The number of likely N-dealkylation sites (tertiary alicyclic amines) is 2. The summed E-state index contributed by atoms with van der Waals surface area (Å²) in [5.74, 6) is -1.21. The molecule has 0 spiro atoms. The van der Waals surface area contributed by atoms with Crippen molar-refractivity contribution in [2.75, 3.05) is 33.2 Å². The van der Waals surface area contributed by atoms with Crippen molar-refractivity contribution < 1.29 is 14.7 Å². The number of carbonyl (C=O) groups is 2. The van der Waals surface area contributed by atoms with Crippen molar-refractivity contribution >= 4 is 12.0 Å². The molecular weight excluding hydrogens is 234 g/mol. The summed E-state index contributed by atoms with van der Waals surface area (Å²) in [6.07, 6.45) is 0.966. The highest BCUT2D eigenvalue weighted by atomic mass is 16.4. The Morgan fingerprint density at radius 1 is 1.28 bits per heavy atom. The van der Waals surface area contributed by atoms with E-state index in [9.17, 15) is 9.59 Å². The fourth-order valence-electron chi connectivity index (χ4n) is 2.77. The molecule has 2 saturated heterocycles. The van der Waals surface area contributed by atoms with E-state index < -0.39 is 11.9 Å². The number of urea groups is 1. The Bertz CT molecular complexity index is 347. The van der Waals surface area contributed by atoms with Crippen LogP contribution in [-0.4, -0.2) is 66.2 Å². The first-order valence-electron chi connectivity index (χ1n) is 6.44. The summed E-state index contributed by atoms with van der Waals surface area (Å²) in [6, 6.07) is 0.0765. The Kier molecular flexibility index (Phi) is 3.75. The summed E-state index contributed by atoms with van der Waals surface area (Å²) in [4.78, 5) is 26.8. The van der Waals surface area contributed by atoms with Gasteiger partial charge in [0.1, 0.15) is 0 Å². The van der Waals surface area contributed by atoms with Gasteiger partial charge < -0.3 is 20.2 Å². The van der Waals surface area contributed by atoms with Gasteiger partial charge in [-0.1, -0.05) is 6.92 Å². The normalized spacial score (nSPS) is 32.8. The number of carbonyl (C=O) groups excluding carboxylic acids is 1. The predicted octanol–water partition coefficient (Wildman–Crippen LogP) is 0.0526. The van der Waals surface area contributed by atoms with Gasteiger partial charge in [0, 0.05) is 25.7 Å². The second kappa shape index (κ2) is 5.14. The van der Waals surface area contributed by atoms with Crippen molar-refractivity contribution in [3.8, 4) is 0 Å². The Labute approximate surface area is 107 Å². The number of carboxylic acids is 1. The third-order valence-corrected chi connectivity index (χ3v) is 3.94. The van der Waals surface area contributed by atoms with Gasteiger partial charge in [-0.3, -0.25) is 4.79 Å². The van der Waals surface area contributed by atoms with E-state index in [1.165, 1.54) is 0 Å². The Balaban J connectivity index is 1.85. The molecule has 0 aromatic carbocycles. The van der Waals surface area contributed by atoms with Crippen molar-refractivity contribution in [3.05, 3.63) is 0 Å². The van der Waals surface area contributed by atoms with E-state index in [1.807, 2.05) is 14.0 Å². The quantitative estimate of drug-likeness (QED) is 0.731. The smallest absolute Gasteiger partial charge is 0.317 e. The molecule has 3 atom stereocenters. The van der Waals surface area contributed by atoms with Crippen molar-refractivity contribution in [1.29, 1.82) is 0 Å². The van der Waals surface area contributed by atoms with Gasteiger partial charge in [0.05, 0.1) is 5.92 Å². The SMILES string of the molecule is CC1CN(C(=O)NC2CCN(C)C2)CC1C(=O)O. The predicted molar refractivity (Wildman–Crippen MR) is 66.3 cm³/mol. The number of carboxylic acid groups (broad SMARTS) is 1. The molecule has 2 heterocycles. The number of amides is 2. The number of hydrogen-bond acceptors (Lipinski definition) is 3. The van der Waals surface area contributed by atoms with Gasteiger partial charge in [0.25, 0.3) is 0 Å². The highest BCUT2D eigenvalue weighted by molar-refractivity contribution is 5.77. The molecule has 6 nitrogen and oxygen atoms in total. The fraction of sp³-hybridized carbons (Fsp3) is 0.833. The van der Waals surface area contributed by atoms with Crippen LogP contribution in [0.1, 0.15) is 13.3 Å². The summed E-state index contributed by atoms with van der Waals surface area (Å²) in [5, 5.41) is 12.0. The molecule has 2 aliphatic heterocycles. The summed E-state index contributed by atoms with van der Waals surface area (Å²) >= 11 is 0. The molecule has 2 N–H and O–H groups in total. The first-order chi connectivity index (χ1) is 8.47. The molecular formula is C12H21N3O3. The third kappa shape index (κ3) is 2.75. The molecule has 102 valence electrons. The Hall–Kier alpha value is -1.30. The molecule has 6 heteroatoms. The molecule has 2 aliphatic rings. The highest BCUT2D eigenvalue weighted by Crippen LogP contribution is 2.23. The first-order valence-corrected chi connectivity index (χ1v) is 6.44. The van der Waals surface area contributed by atoms with Crippen molar-refractivity contribution in [2.24, 2.45) is 11.8 Å². The van der Waals surface area contributed by atoms with Gasteiger partial charge in [0.15, 0.2) is 0 Å². The monoisotopic (exact) mass is 255 g/mol. The van der Waals surface area contributed by atoms with Crippen LogP contribution in [0.2, 0.25) is 0 Å². The van der Waals surface area contributed by atoms with Crippen LogP contribution in [0.5, 0.6) is 0 Å². The largest absolute Gasteiger partial charge is 0.481 e. The van der Waals surface area contributed by atoms with Gasteiger partial charge in [-0.25, -0.2) is 4.79 Å². The molecule has 0 saturated carbocycles.